The number of H-pyrrole nitrogens is 4. The van der Waals surface area contributed by atoms with Crippen LogP contribution in [0, 0.1) is 20.2 Å². The van der Waals surface area contributed by atoms with Crippen molar-refractivity contribution in [3.8, 4) is 0 Å². The van der Waals surface area contributed by atoms with Gasteiger partial charge < -0.3 is 20.7 Å². The zero-order valence-electron chi connectivity index (χ0n) is 26.7. The average molecular weight is 744 g/mol. The molecule has 0 radical (unpaired) electrons. The molecular formula is C32H21N7O15. The van der Waals surface area contributed by atoms with Gasteiger partial charge in [-0.15, -0.1) is 0 Å². The molecule has 3 heterocycles. The second-order valence-corrected chi connectivity index (χ2v) is 10.3. The minimum Gasteiger partial charge on any atom is -0.478 e. The van der Waals surface area contributed by atoms with Crippen molar-refractivity contribution in [3.05, 3.63) is 163 Å². The first-order chi connectivity index (χ1) is 25.5. The summed E-state index contributed by atoms with van der Waals surface area (Å²) in [7, 11) is 0. The number of aromatic amines is 4. The molecule has 0 aliphatic carbocycles. The zero-order valence-corrected chi connectivity index (χ0v) is 26.7. The first kappa shape index (κ1) is 38.2. The maximum Gasteiger partial charge on any atom is 0.346 e. The molecule has 7 rings (SSSR count). The molecule has 4 aromatic carbocycles. The minimum absolute atomic E-state index is 0.00736. The lowest BCUT2D eigenvalue weighted by Gasteiger charge is -2.01. The smallest absolute Gasteiger partial charge is 0.346 e. The van der Waals surface area contributed by atoms with Gasteiger partial charge in [-0.2, -0.15) is 0 Å². The van der Waals surface area contributed by atoms with E-state index < -0.39 is 61.7 Å². The molecule has 0 spiro atoms. The highest BCUT2D eigenvalue weighted by Gasteiger charge is 2.28. The lowest BCUT2D eigenvalue weighted by atomic mass is 10.1. The normalized spacial score (nSPS) is 11.0. The van der Waals surface area contributed by atoms with E-state index in [1.807, 2.05) is 5.10 Å². The molecule has 1 aliphatic rings. The predicted octanol–water partition coefficient (Wildman–Crippen LogP) is 1.91. The van der Waals surface area contributed by atoms with Crippen LogP contribution in [0.3, 0.4) is 0 Å². The van der Waals surface area contributed by atoms with E-state index in [2.05, 4.69) is 20.0 Å². The molecule has 0 bridgehead atoms. The number of nitrogens with one attached hydrogen (secondary N) is 4. The summed E-state index contributed by atoms with van der Waals surface area (Å²) >= 11 is 0. The number of hydrogen-bond acceptors (Lipinski definition) is 14. The molecule has 0 fully saturated rings. The van der Waals surface area contributed by atoms with Gasteiger partial charge in [-0.25, -0.2) is 19.2 Å². The quantitative estimate of drug-likeness (QED) is 0.0445. The SMILES string of the molecule is Nc1cccc2c(=O)[nH][nH]c(=O)c12.O=C(O)c1cccc([N+](=O)[O-])c1C(=O)O.O=C1OC(=O)c2ccccc21.O=c1[nH][nH]c(=O)c2c([N+](=O)[O-])cccc12. The summed E-state index contributed by atoms with van der Waals surface area (Å²) in [4.78, 5) is 107. The Hall–Kier alpha value is -8.56. The Morgan fingerprint density at radius 3 is 1.50 bits per heavy atom. The number of non-ortho nitro benzene ring substituents is 1. The molecule has 0 amide bonds. The molecule has 0 atom stereocenters. The van der Waals surface area contributed by atoms with Crippen LogP contribution in [0.5, 0.6) is 0 Å². The summed E-state index contributed by atoms with van der Waals surface area (Å²) in [6.07, 6.45) is 0. The van der Waals surface area contributed by atoms with Crippen molar-refractivity contribution in [1.29, 1.82) is 0 Å². The fourth-order valence-corrected chi connectivity index (χ4v) is 4.75. The van der Waals surface area contributed by atoms with Gasteiger partial charge in [0.15, 0.2) is 5.56 Å². The maximum absolute atomic E-state index is 11.3. The number of carboxylic acid groups (broad SMARTS) is 2. The van der Waals surface area contributed by atoms with Crippen molar-refractivity contribution in [3.63, 3.8) is 0 Å². The number of anilines is 1. The molecule has 0 saturated heterocycles. The van der Waals surface area contributed by atoms with Crippen molar-refractivity contribution in [2.24, 2.45) is 0 Å². The number of aromatic nitrogens is 4. The van der Waals surface area contributed by atoms with Crippen molar-refractivity contribution in [2.45, 2.75) is 0 Å². The number of rotatable bonds is 4. The monoisotopic (exact) mass is 743 g/mol. The van der Waals surface area contributed by atoms with Gasteiger partial charge in [0.2, 0.25) is 0 Å². The lowest BCUT2D eigenvalue weighted by Crippen LogP contribution is -2.19. The second-order valence-electron chi connectivity index (χ2n) is 10.3. The first-order valence-corrected chi connectivity index (χ1v) is 14.5. The van der Waals surface area contributed by atoms with Crippen LogP contribution in [0.1, 0.15) is 41.4 Å². The van der Waals surface area contributed by atoms with Crippen LogP contribution in [0.4, 0.5) is 17.1 Å². The van der Waals surface area contributed by atoms with Crippen LogP contribution in [0.15, 0.2) is 98.0 Å². The summed E-state index contributed by atoms with van der Waals surface area (Å²) in [6, 6.07) is 18.2. The minimum atomic E-state index is -1.64. The number of cyclic esters (lactones) is 2. The first-order valence-electron chi connectivity index (χ1n) is 14.5. The van der Waals surface area contributed by atoms with E-state index in [0.29, 0.717) is 22.2 Å². The fraction of sp³-hybridized carbons (Fsp3) is 0. The molecule has 6 aromatic rings. The molecule has 0 saturated carbocycles. The molecule has 22 nitrogen and oxygen atoms in total. The molecule has 274 valence electrons. The summed E-state index contributed by atoms with van der Waals surface area (Å²) in [5.41, 5.74) is 2.09. The number of nitro groups is 2. The Kier molecular flexibility index (Phi) is 11.3. The molecule has 1 aliphatic heterocycles. The number of fused-ring (bicyclic) bond motifs is 3. The largest absolute Gasteiger partial charge is 0.478 e. The topological polar surface area (TPSA) is 362 Å². The Labute approximate surface area is 295 Å². The van der Waals surface area contributed by atoms with Gasteiger partial charge in [-0.1, -0.05) is 30.3 Å². The third-order valence-corrected chi connectivity index (χ3v) is 7.09. The highest BCUT2D eigenvalue weighted by Crippen LogP contribution is 2.22. The van der Waals surface area contributed by atoms with Gasteiger partial charge in [0, 0.05) is 17.8 Å². The van der Waals surface area contributed by atoms with Crippen molar-refractivity contribution < 1.29 is 44.0 Å². The predicted molar refractivity (Wildman–Crippen MR) is 185 cm³/mol. The zero-order chi connectivity index (χ0) is 39.9. The number of aromatic carboxylic acids is 2. The van der Waals surface area contributed by atoms with E-state index in [-0.39, 0.29) is 33.0 Å². The van der Waals surface area contributed by atoms with Crippen molar-refractivity contribution in [1.82, 2.24) is 20.4 Å². The number of esters is 2. The van der Waals surface area contributed by atoms with Gasteiger partial charge in [0.1, 0.15) is 5.39 Å². The number of nitrogens with zero attached hydrogens (tertiary/aromatic N) is 2. The van der Waals surface area contributed by atoms with Gasteiger partial charge in [-0.3, -0.25) is 59.8 Å². The van der Waals surface area contributed by atoms with E-state index >= 15 is 0 Å². The number of ether oxygens (including phenoxy) is 1. The van der Waals surface area contributed by atoms with Crippen molar-refractivity contribution >= 4 is 62.5 Å². The maximum atomic E-state index is 11.3. The van der Waals surface area contributed by atoms with E-state index in [9.17, 15) is 58.6 Å². The number of carboxylic acids is 2. The number of nitrogen functional groups attached to an aromatic ring is 1. The summed E-state index contributed by atoms with van der Waals surface area (Å²) in [6.45, 7) is 0. The van der Waals surface area contributed by atoms with Gasteiger partial charge in [-0.05, 0) is 36.4 Å². The third-order valence-electron chi connectivity index (χ3n) is 7.09. The van der Waals surface area contributed by atoms with Crippen LogP contribution in [0.25, 0.3) is 21.5 Å². The van der Waals surface area contributed by atoms with Gasteiger partial charge in [0.05, 0.1) is 42.7 Å². The van der Waals surface area contributed by atoms with Crippen molar-refractivity contribution in [2.75, 3.05) is 5.73 Å². The molecule has 8 N–H and O–H groups in total. The summed E-state index contributed by atoms with van der Waals surface area (Å²) < 4.78 is 4.35. The number of nitrogens with two attached hydrogens (primary N) is 1. The van der Waals surface area contributed by atoms with Crippen LogP contribution in [-0.4, -0.2) is 64.3 Å². The molecule has 22 heteroatoms. The number of benzene rings is 4. The number of carbonyl (C=O) groups excluding carboxylic acids is 2. The summed E-state index contributed by atoms with van der Waals surface area (Å²) in [5.74, 6) is -4.26. The second kappa shape index (κ2) is 16.0. The Morgan fingerprint density at radius 2 is 1.02 bits per heavy atom. The number of hydrogen-bond donors (Lipinski definition) is 7. The Morgan fingerprint density at radius 1 is 0.574 bits per heavy atom. The average Bonchev–Trinajstić information content (AvgIpc) is 3.44. The van der Waals surface area contributed by atoms with E-state index in [4.69, 9.17) is 15.9 Å². The van der Waals surface area contributed by atoms with E-state index in [0.717, 1.165) is 18.2 Å². The third kappa shape index (κ3) is 8.07. The summed E-state index contributed by atoms with van der Waals surface area (Å²) in [5, 5.41) is 47.3. The van der Waals surface area contributed by atoms with Gasteiger partial charge in [0.25, 0.3) is 33.6 Å². The number of carbonyl (C=O) groups is 4. The highest BCUT2D eigenvalue weighted by atomic mass is 16.6. The Balaban J connectivity index is 0.000000161. The van der Waals surface area contributed by atoms with Crippen LogP contribution in [0.2, 0.25) is 0 Å². The lowest BCUT2D eigenvalue weighted by molar-refractivity contribution is -0.385. The molecule has 2 aromatic heterocycles. The van der Waals surface area contributed by atoms with Crippen LogP contribution in [-0.2, 0) is 4.74 Å². The standard InChI is InChI=1S/C8H5N3O4.C8H7N3O2.C8H5NO6.C8H4O3/c12-7-4-2-1-3-5(11(14)15)6(4)8(13)10-9-7;9-5-3-1-2-4-6(5)8(13)11-10-7(4)12;10-7(11)4-2-1-3-5(9(14)15)6(4)8(12)13;9-7-5-3-1-2-4-6(5)8(10)11-7/h1-3H,(H,9,12)(H,10,13);1-3H,9H2,(H,10,12)(H,11,13);1-3H,(H,10,11)(H,12,13);1-4H. The van der Waals surface area contributed by atoms with E-state index in [1.54, 1.807) is 42.5 Å². The fourth-order valence-electron chi connectivity index (χ4n) is 4.75. The highest BCUT2D eigenvalue weighted by molar-refractivity contribution is 6.14. The number of nitro benzene ring substituents is 2. The Bertz CT molecular complexity index is 2700. The van der Waals surface area contributed by atoms with E-state index in [1.165, 1.54) is 18.2 Å². The van der Waals surface area contributed by atoms with Gasteiger partial charge >= 0.3 is 23.9 Å². The molecular weight excluding hydrogens is 722 g/mol. The molecule has 0 unspecified atom stereocenters. The molecule has 54 heavy (non-hydrogen) atoms. The van der Waals surface area contributed by atoms with Crippen LogP contribution < -0.4 is 28.0 Å². The van der Waals surface area contributed by atoms with Crippen LogP contribution >= 0.6 is 0 Å².